The van der Waals surface area contributed by atoms with E-state index in [2.05, 4.69) is 20.6 Å². The van der Waals surface area contributed by atoms with E-state index in [1.165, 1.54) is 0 Å². The van der Waals surface area contributed by atoms with E-state index in [1.807, 2.05) is 60.7 Å². The Bertz CT molecular complexity index is 808. The molecule has 30 heavy (non-hydrogen) atoms. The van der Waals surface area contributed by atoms with Gasteiger partial charge in [0.05, 0.1) is 13.1 Å². The fraction of sp³-hybridized carbons (Fsp3) is 0.273. The molecule has 2 N–H and O–H groups in total. The van der Waals surface area contributed by atoms with Gasteiger partial charge in [0.2, 0.25) is 0 Å². The monoisotopic (exact) mass is 448 g/mol. The summed E-state index contributed by atoms with van der Waals surface area (Å²) in [6, 6.07) is 16.0. The number of nitrogens with zero attached hydrogens (tertiary/aromatic N) is 2. The number of amidine groups is 2. The van der Waals surface area contributed by atoms with Crippen LogP contribution in [0.1, 0.15) is 11.1 Å². The predicted octanol–water partition coefficient (Wildman–Crippen LogP) is 3.24. The van der Waals surface area contributed by atoms with Crippen molar-refractivity contribution in [1.82, 2.24) is 10.6 Å². The summed E-state index contributed by atoms with van der Waals surface area (Å²) in [5.74, 6) is 3.60. The molecule has 2 aromatic rings. The van der Waals surface area contributed by atoms with Gasteiger partial charge in [-0.1, -0.05) is 0 Å². The average Bonchev–Trinajstić information content (AvgIpc) is 3.46. The van der Waals surface area contributed by atoms with E-state index in [1.54, 1.807) is 0 Å². The lowest BCUT2D eigenvalue weighted by Crippen LogP contribution is -2.19. The molecule has 2 heterocycles. The van der Waals surface area contributed by atoms with E-state index < -0.39 is 0 Å². The largest absolute Gasteiger partial charge is 0.490 e. The molecule has 0 saturated carbocycles. The van der Waals surface area contributed by atoms with E-state index in [0.29, 0.717) is 13.2 Å². The predicted molar refractivity (Wildman–Crippen MR) is 126 cm³/mol. The van der Waals surface area contributed by atoms with Gasteiger partial charge >= 0.3 is 0 Å². The smallest absolute Gasteiger partial charge is 0.128 e. The number of benzene rings is 2. The molecule has 2 aliphatic rings. The third kappa shape index (κ3) is 6.40. The van der Waals surface area contributed by atoms with Crippen molar-refractivity contribution in [2.45, 2.75) is 0 Å². The molecular weight excluding hydrogens is 423 g/mol. The Morgan fingerprint density at radius 3 is 1.40 bits per heavy atom. The Balaban J connectivity index is 0.00000160. The van der Waals surface area contributed by atoms with Crippen LogP contribution in [0.25, 0.3) is 0 Å². The van der Waals surface area contributed by atoms with Gasteiger partial charge in [0.25, 0.3) is 0 Å². The highest BCUT2D eigenvalue weighted by Gasteiger charge is 2.08. The molecule has 4 rings (SSSR count). The maximum Gasteiger partial charge on any atom is 0.128 e. The first kappa shape index (κ1) is 23.6. The normalized spacial score (nSPS) is 14.7. The highest BCUT2D eigenvalue weighted by Crippen LogP contribution is 2.14. The van der Waals surface area contributed by atoms with Crippen LogP contribution in [0.4, 0.5) is 0 Å². The minimum absolute atomic E-state index is 0. The number of hydrogen-bond acceptors (Lipinski definition) is 6. The van der Waals surface area contributed by atoms with Gasteiger partial charge in [-0.25, -0.2) is 0 Å². The fourth-order valence-corrected chi connectivity index (χ4v) is 3.03. The second-order valence-corrected chi connectivity index (χ2v) is 6.46. The maximum atomic E-state index is 5.73. The van der Waals surface area contributed by atoms with Crippen LogP contribution in [0.2, 0.25) is 0 Å². The molecular formula is C22H26Cl2N4O2. The third-order valence-electron chi connectivity index (χ3n) is 4.46. The van der Waals surface area contributed by atoms with Gasteiger partial charge in [0, 0.05) is 24.2 Å². The van der Waals surface area contributed by atoms with Crippen molar-refractivity contribution in [3.8, 4) is 11.5 Å². The molecule has 2 aliphatic heterocycles. The number of hydrogen-bond donors (Lipinski definition) is 2. The summed E-state index contributed by atoms with van der Waals surface area (Å²) < 4.78 is 11.5. The SMILES string of the molecule is C(=C\COc1ccc(C2=NCCN2)cc1)/COc1ccc(C2=NCCN2)cc1.Cl.Cl. The van der Waals surface area contributed by atoms with Crippen LogP contribution in [0.3, 0.4) is 0 Å². The zero-order valence-corrected chi connectivity index (χ0v) is 18.2. The first-order valence-electron chi connectivity index (χ1n) is 9.56. The average molecular weight is 449 g/mol. The number of nitrogens with one attached hydrogen (secondary N) is 2. The van der Waals surface area contributed by atoms with Crippen LogP contribution in [-0.4, -0.2) is 51.1 Å². The molecule has 0 aromatic heterocycles. The summed E-state index contributed by atoms with van der Waals surface area (Å²) >= 11 is 0. The Morgan fingerprint density at radius 1 is 0.667 bits per heavy atom. The van der Waals surface area contributed by atoms with Gasteiger partial charge < -0.3 is 20.1 Å². The Hall–Kier alpha value is -2.70. The third-order valence-corrected chi connectivity index (χ3v) is 4.46. The van der Waals surface area contributed by atoms with Crippen LogP contribution < -0.4 is 20.1 Å². The molecule has 8 heteroatoms. The molecule has 0 spiro atoms. The van der Waals surface area contributed by atoms with Crippen molar-refractivity contribution >= 4 is 36.5 Å². The van der Waals surface area contributed by atoms with E-state index in [0.717, 1.165) is 60.5 Å². The number of aliphatic imine (C=N–C) groups is 2. The highest BCUT2D eigenvalue weighted by atomic mass is 35.5. The lowest BCUT2D eigenvalue weighted by molar-refractivity contribution is 0.350. The summed E-state index contributed by atoms with van der Waals surface area (Å²) in [4.78, 5) is 8.82. The second kappa shape index (κ2) is 12.1. The van der Waals surface area contributed by atoms with Crippen molar-refractivity contribution in [2.24, 2.45) is 9.98 Å². The topological polar surface area (TPSA) is 67.2 Å². The van der Waals surface area contributed by atoms with Crippen LogP contribution in [0.5, 0.6) is 11.5 Å². The van der Waals surface area contributed by atoms with Crippen LogP contribution in [0.15, 0.2) is 70.7 Å². The second-order valence-electron chi connectivity index (χ2n) is 6.46. The van der Waals surface area contributed by atoms with E-state index in [9.17, 15) is 0 Å². The zero-order chi connectivity index (χ0) is 19.0. The van der Waals surface area contributed by atoms with Crippen LogP contribution in [-0.2, 0) is 0 Å². The van der Waals surface area contributed by atoms with Gasteiger partial charge in [-0.2, -0.15) is 0 Å². The van der Waals surface area contributed by atoms with Gasteiger partial charge in [-0.3, -0.25) is 9.98 Å². The van der Waals surface area contributed by atoms with Gasteiger partial charge in [0.15, 0.2) is 0 Å². The molecule has 0 bridgehead atoms. The van der Waals surface area contributed by atoms with E-state index in [-0.39, 0.29) is 24.8 Å². The van der Waals surface area contributed by atoms with Crippen molar-refractivity contribution in [3.63, 3.8) is 0 Å². The Kier molecular flexibility index (Phi) is 9.51. The minimum atomic E-state index is 0. The van der Waals surface area contributed by atoms with Crippen molar-refractivity contribution in [3.05, 3.63) is 71.8 Å². The Morgan fingerprint density at radius 2 is 1.07 bits per heavy atom. The van der Waals surface area contributed by atoms with Crippen LogP contribution >= 0.6 is 24.8 Å². The van der Waals surface area contributed by atoms with Crippen molar-refractivity contribution < 1.29 is 9.47 Å². The van der Waals surface area contributed by atoms with Crippen molar-refractivity contribution in [2.75, 3.05) is 39.4 Å². The number of rotatable bonds is 8. The lowest BCUT2D eigenvalue weighted by atomic mass is 10.2. The highest BCUT2D eigenvalue weighted by molar-refractivity contribution is 6.00. The van der Waals surface area contributed by atoms with E-state index >= 15 is 0 Å². The van der Waals surface area contributed by atoms with Gasteiger partial charge in [-0.15, -0.1) is 24.8 Å². The quantitative estimate of drug-likeness (QED) is 0.608. The zero-order valence-electron chi connectivity index (χ0n) is 16.5. The molecule has 0 unspecified atom stereocenters. The Labute approximate surface area is 189 Å². The van der Waals surface area contributed by atoms with Crippen molar-refractivity contribution in [1.29, 1.82) is 0 Å². The molecule has 0 saturated heterocycles. The molecule has 0 radical (unpaired) electrons. The molecule has 160 valence electrons. The molecule has 2 aromatic carbocycles. The fourth-order valence-electron chi connectivity index (χ4n) is 3.03. The first-order chi connectivity index (χ1) is 13.9. The molecule has 0 atom stereocenters. The van der Waals surface area contributed by atoms with E-state index in [4.69, 9.17) is 9.47 Å². The first-order valence-corrected chi connectivity index (χ1v) is 9.56. The number of ether oxygens (including phenoxy) is 2. The molecule has 0 aliphatic carbocycles. The summed E-state index contributed by atoms with van der Waals surface area (Å²) in [6.07, 6.45) is 3.92. The maximum absolute atomic E-state index is 5.73. The summed E-state index contributed by atoms with van der Waals surface area (Å²) in [5, 5.41) is 6.53. The summed E-state index contributed by atoms with van der Waals surface area (Å²) in [6.45, 7) is 4.53. The molecule has 6 nitrogen and oxygen atoms in total. The molecule has 0 fully saturated rings. The standard InChI is InChI=1S/C22H24N4O2.2ClH/c1(15-27-19-7-3-17(4-8-19)21-23-11-12-24-21)2-16-28-20-9-5-18(6-10-20)22-25-13-14-26-22;;/h1-10H,11-16H2,(H,23,24)(H,25,26);2*1H/b2-1+;;. The van der Waals surface area contributed by atoms with Gasteiger partial charge in [-0.05, 0) is 60.7 Å². The summed E-state index contributed by atoms with van der Waals surface area (Å²) in [7, 11) is 0. The van der Waals surface area contributed by atoms with Gasteiger partial charge in [0.1, 0.15) is 36.4 Å². The molecule has 0 amide bonds. The number of halogens is 2. The van der Waals surface area contributed by atoms with Crippen LogP contribution in [0, 0.1) is 0 Å². The lowest BCUT2D eigenvalue weighted by Gasteiger charge is -2.07. The summed E-state index contributed by atoms with van der Waals surface area (Å²) in [5.41, 5.74) is 2.19. The minimum Gasteiger partial charge on any atom is -0.490 e.